The van der Waals surface area contributed by atoms with Gasteiger partial charge in [-0.2, -0.15) is 0 Å². The van der Waals surface area contributed by atoms with Gasteiger partial charge in [-0.15, -0.1) is 0 Å². The van der Waals surface area contributed by atoms with Gasteiger partial charge in [0.15, 0.2) is 0 Å². The summed E-state index contributed by atoms with van der Waals surface area (Å²) in [6.07, 6.45) is 1.22. The van der Waals surface area contributed by atoms with E-state index < -0.39 is 0 Å². The Morgan fingerprint density at radius 1 is 0.708 bits per heavy atom. The van der Waals surface area contributed by atoms with Crippen molar-refractivity contribution in [1.29, 1.82) is 0 Å². The summed E-state index contributed by atoms with van der Waals surface area (Å²) >= 11 is 0. The Kier molecular flexibility index (Phi) is 5.76. The van der Waals surface area contributed by atoms with Gasteiger partial charge in [0.25, 0.3) is 0 Å². The first-order valence-electron chi connectivity index (χ1n) is 9.58. The zero-order valence-electron chi connectivity index (χ0n) is 18.5. The van der Waals surface area contributed by atoms with E-state index in [4.69, 9.17) is 0 Å². The first-order valence-corrected chi connectivity index (χ1v) is 9.58. The van der Waals surface area contributed by atoms with Gasteiger partial charge in [-0.25, -0.2) is 0 Å². The molecule has 0 heteroatoms. The van der Waals surface area contributed by atoms with Crippen molar-refractivity contribution >= 4 is 0 Å². The summed E-state index contributed by atoms with van der Waals surface area (Å²) in [4.78, 5) is 0. The van der Waals surface area contributed by atoms with Crippen LogP contribution in [0.25, 0.3) is 0 Å². The Labute approximate surface area is 152 Å². The number of benzene rings is 1. The van der Waals surface area contributed by atoms with Crippen molar-refractivity contribution in [3.63, 3.8) is 0 Å². The molecule has 1 aromatic rings. The normalized spacial score (nSPS) is 15.5. The first-order chi connectivity index (χ1) is 10.4. The molecule has 1 atom stereocenters. The van der Waals surface area contributed by atoms with E-state index in [2.05, 4.69) is 101 Å². The maximum absolute atomic E-state index is 2.52. The van der Waals surface area contributed by atoms with Gasteiger partial charge in [0.1, 0.15) is 0 Å². The van der Waals surface area contributed by atoms with E-state index in [1.54, 1.807) is 5.56 Å². The Balaban J connectivity index is 3.65. The fourth-order valence-corrected chi connectivity index (χ4v) is 3.50. The highest BCUT2D eigenvalue weighted by atomic mass is 14.4. The molecule has 0 aliphatic rings. The molecule has 0 bridgehead atoms. The van der Waals surface area contributed by atoms with E-state index in [-0.39, 0.29) is 16.2 Å². The van der Waals surface area contributed by atoms with Gasteiger partial charge >= 0.3 is 0 Å². The maximum atomic E-state index is 2.52. The molecule has 0 fully saturated rings. The fraction of sp³-hybridized carbons (Fsp3) is 0.750. The average molecular weight is 331 g/mol. The van der Waals surface area contributed by atoms with Crippen molar-refractivity contribution in [2.24, 2.45) is 10.8 Å². The van der Waals surface area contributed by atoms with Crippen LogP contribution in [0.15, 0.2) is 18.2 Å². The predicted octanol–water partition coefficient (Wildman–Crippen LogP) is 7.85. The lowest BCUT2D eigenvalue weighted by Gasteiger charge is -2.40. The zero-order chi connectivity index (χ0) is 19.1. The van der Waals surface area contributed by atoms with Crippen molar-refractivity contribution in [3.05, 3.63) is 34.9 Å². The summed E-state index contributed by atoms with van der Waals surface area (Å²) in [5.74, 6) is 0.564. The Morgan fingerprint density at radius 3 is 1.54 bits per heavy atom. The van der Waals surface area contributed by atoms with Gasteiger partial charge in [-0.1, -0.05) is 101 Å². The lowest BCUT2D eigenvalue weighted by atomic mass is 9.65. The third kappa shape index (κ3) is 5.64. The first kappa shape index (κ1) is 21.3. The minimum atomic E-state index is 0.174. The van der Waals surface area contributed by atoms with Gasteiger partial charge in [0.05, 0.1) is 0 Å². The maximum Gasteiger partial charge on any atom is -0.0105 e. The van der Waals surface area contributed by atoms with Crippen molar-refractivity contribution in [3.8, 4) is 0 Å². The fourth-order valence-electron chi connectivity index (χ4n) is 3.50. The summed E-state index contributed by atoms with van der Waals surface area (Å²) in [5, 5.41) is 0. The monoisotopic (exact) mass is 330 g/mol. The molecule has 0 saturated heterocycles. The highest BCUT2D eigenvalue weighted by Crippen LogP contribution is 2.47. The number of rotatable bonds is 2. The molecule has 0 heterocycles. The van der Waals surface area contributed by atoms with Gasteiger partial charge in [0.2, 0.25) is 0 Å². The lowest BCUT2D eigenvalue weighted by molar-refractivity contribution is 0.227. The van der Waals surface area contributed by atoms with Gasteiger partial charge in [-0.05, 0) is 50.7 Å². The minimum Gasteiger partial charge on any atom is -0.0602 e. The van der Waals surface area contributed by atoms with Crippen molar-refractivity contribution in [2.75, 3.05) is 0 Å². The largest absolute Gasteiger partial charge is 0.0602 e. The Hall–Kier alpha value is -0.780. The summed E-state index contributed by atoms with van der Waals surface area (Å²) < 4.78 is 0. The van der Waals surface area contributed by atoms with Crippen LogP contribution in [0.4, 0.5) is 0 Å². The molecule has 24 heavy (non-hydrogen) atoms. The van der Waals surface area contributed by atoms with Crippen LogP contribution < -0.4 is 0 Å². The average Bonchev–Trinajstić information content (AvgIpc) is 2.30. The highest BCUT2D eigenvalue weighted by Gasteiger charge is 2.34. The van der Waals surface area contributed by atoms with Crippen LogP contribution in [0.2, 0.25) is 0 Å². The SMILES string of the molecule is CC(C)(C)CC(c1cc(C(C)(C)C)ccc1C(C)(C)C)C(C)(C)C. The summed E-state index contributed by atoms with van der Waals surface area (Å²) in [7, 11) is 0. The molecule has 1 unspecified atom stereocenters. The molecule has 0 radical (unpaired) electrons. The summed E-state index contributed by atoms with van der Waals surface area (Å²) in [6, 6.07) is 7.26. The highest BCUT2D eigenvalue weighted by molar-refractivity contribution is 5.42. The van der Waals surface area contributed by atoms with Crippen LogP contribution >= 0.6 is 0 Å². The van der Waals surface area contributed by atoms with E-state index >= 15 is 0 Å². The predicted molar refractivity (Wildman–Crippen MR) is 110 cm³/mol. The molecule has 0 saturated carbocycles. The second-order valence-electron chi connectivity index (χ2n) is 12.0. The van der Waals surface area contributed by atoms with Crippen LogP contribution in [0.3, 0.4) is 0 Å². The molecule has 0 aromatic heterocycles. The molecule has 0 nitrogen and oxygen atoms in total. The van der Waals surface area contributed by atoms with E-state index in [0.29, 0.717) is 11.3 Å². The standard InChI is InChI=1S/C24H42/c1-21(2,3)16-20(24(10,11)12)18-15-17(22(4,5)6)13-14-19(18)23(7,8)9/h13-15,20H,16H2,1-12H3. The van der Waals surface area contributed by atoms with Crippen LogP contribution in [0, 0.1) is 10.8 Å². The van der Waals surface area contributed by atoms with E-state index in [1.807, 2.05) is 0 Å². The molecule has 0 aliphatic carbocycles. The van der Waals surface area contributed by atoms with Gasteiger partial charge < -0.3 is 0 Å². The summed E-state index contributed by atoms with van der Waals surface area (Å²) in [6.45, 7) is 28.3. The quantitative estimate of drug-likeness (QED) is 0.518. The van der Waals surface area contributed by atoms with Crippen LogP contribution in [-0.2, 0) is 10.8 Å². The Morgan fingerprint density at radius 2 is 1.21 bits per heavy atom. The third-order valence-corrected chi connectivity index (χ3v) is 4.96. The second-order valence-corrected chi connectivity index (χ2v) is 12.0. The smallest absolute Gasteiger partial charge is 0.0105 e. The third-order valence-electron chi connectivity index (χ3n) is 4.96. The molecule has 0 N–H and O–H groups in total. The lowest BCUT2D eigenvalue weighted by Crippen LogP contribution is -2.28. The topological polar surface area (TPSA) is 0 Å². The van der Waals surface area contributed by atoms with Crippen LogP contribution in [-0.4, -0.2) is 0 Å². The molecular formula is C24H42. The van der Waals surface area contributed by atoms with Gasteiger partial charge in [0, 0.05) is 0 Å². The summed E-state index contributed by atoms with van der Waals surface area (Å²) in [5.41, 5.74) is 5.47. The van der Waals surface area contributed by atoms with E-state index in [9.17, 15) is 0 Å². The minimum absolute atomic E-state index is 0.174. The molecule has 0 spiro atoms. The van der Waals surface area contributed by atoms with E-state index in [1.165, 1.54) is 17.5 Å². The molecule has 138 valence electrons. The molecule has 0 aliphatic heterocycles. The van der Waals surface area contributed by atoms with E-state index in [0.717, 1.165) is 0 Å². The van der Waals surface area contributed by atoms with Crippen molar-refractivity contribution < 1.29 is 0 Å². The second kappa shape index (κ2) is 6.50. The van der Waals surface area contributed by atoms with Gasteiger partial charge in [-0.3, -0.25) is 0 Å². The molecule has 1 rings (SSSR count). The molecule has 1 aromatic carbocycles. The van der Waals surface area contributed by atoms with Crippen molar-refractivity contribution in [1.82, 2.24) is 0 Å². The zero-order valence-corrected chi connectivity index (χ0v) is 18.5. The number of hydrogen-bond acceptors (Lipinski definition) is 0. The van der Waals surface area contributed by atoms with Crippen LogP contribution in [0.1, 0.15) is 112 Å². The number of hydrogen-bond donors (Lipinski definition) is 0. The molecule has 0 amide bonds. The Bertz CT molecular complexity index is 548. The van der Waals surface area contributed by atoms with Crippen LogP contribution in [0.5, 0.6) is 0 Å². The van der Waals surface area contributed by atoms with Crippen molar-refractivity contribution in [2.45, 2.75) is 106 Å². The molecular weight excluding hydrogens is 288 g/mol.